The molecule has 0 unspecified atom stereocenters. The van der Waals surface area contributed by atoms with Crippen LogP contribution in [0, 0.1) is 29.6 Å². The van der Waals surface area contributed by atoms with E-state index in [0.29, 0.717) is 5.69 Å². The average molecular weight is 461 g/mol. The summed E-state index contributed by atoms with van der Waals surface area (Å²) in [6.45, 7) is 0.190. The van der Waals surface area contributed by atoms with Crippen LogP contribution in [0.5, 0.6) is 0 Å². The van der Waals surface area contributed by atoms with Crippen molar-refractivity contribution in [2.45, 2.75) is 50.6 Å². The van der Waals surface area contributed by atoms with E-state index in [1.807, 2.05) is 12.1 Å². The lowest BCUT2D eigenvalue weighted by molar-refractivity contribution is -0.127. The zero-order chi connectivity index (χ0) is 23.4. The fourth-order valence-corrected chi connectivity index (χ4v) is 7.47. The van der Waals surface area contributed by atoms with Gasteiger partial charge >= 0.3 is 0 Å². The summed E-state index contributed by atoms with van der Waals surface area (Å²) in [5.41, 5.74) is 1.56. The first kappa shape index (κ1) is 20.7. The lowest BCUT2D eigenvalue weighted by Gasteiger charge is -2.56. The van der Waals surface area contributed by atoms with Crippen LogP contribution in [0.4, 0.5) is 0 Å². The molecule has 0 aliphatic heterocycles. The van der Waals surface area contributed by atoms with Gasteiger partial charge in [-0.15, -0.1) is 5.10 Å². The third-order valence-electron chi connectivity index (χ3n) is 8.38. The van der Waals surface area contributed by atoms with Gasteiger partial charge in [-0.1, -0.05) is 59.7 Å². The third-order valence-corrected chi connectivity index (χ3v) is 8.38. The van der Waals surface area contributed by atoms with Crippen LogP contribution in [0.15, 0.2) is 60.8 Å². The standard InChI is InChI=1S/C30H28N4O/c35-29(31-30-15-20-11-21(16-30)13-22(12-20)17-30)19-34-18-25(32-33-34)10-9-24-14-23-5-1-2-6-26(23)28-8-4-3-7-27(24)28/h1-8,14,18,20-22H,11-13,15-17,19H2,(H,31,35). The number of rotatable bonds is 3. The van der Waals surface area contributed by atoms with Gasteiger partial charge in [-0.3, -0.25) is 4.79 Å². The maximum absolute atomic E-state index is 12.9. The molecule has 0 radical (unpaired) electrons. The van der Waals surface area contributed by atoms with Gasteiger partial charge in [0, 0.05) is 11.1 Å². The highest BCUT2D eigenvalue weighted by Crippen LogP contribution is 2.55. The van der Waals surface area contributed by atoms with Crippen molar-refractivity contribution in [3.63, 3.8) is 0 Å². The zero-order valence-corrected chi connectivity index (χ0v) is 19.7. The zero-order valence-electron chi connectivity index (χ0n) is 19.7. The van der Waals surface area contributed by atoms with Crippen molar-refractivity contribution >= 4 is 27.5 Å². The van der Waals surface area contributed by atoms with E-state index in [4.69, 9.17) is 0 Å². The Morgan fingerprint density at radius 2 is 1.57 bits per heavy atom. The number of benzene rings is 3. The van der Waals surface area contributed by atoms with Gasteiger partial charge in [-0.25, -0.2) is 4.68 Å². The number of amides is 1. The molecule has 8 rings (SSSR count). The van der Waals surface area contributed by atoms with Gasteiger partial charge in [-0.05, 0) is 89.8 Å². The van der Waals surface area contributed by atoms with Crippen molar-refractivity contribution in [1.82, 2.24) is 20.3 Å². The molecule has 174 valence electrons. The predicted molar refractivity (Wildman–Crippen MR) is 137 cm³/mol. The normalized spacial score (nSPS) is 26.6. The fraction of sp³-hybridized carbons (Fsp3) is 0.367. The topological polar surface area (TPSA) is 59.8 Å². The molecule has 0 spiro atoms. The van der Waals surface area contributed by atoms with Crippen LogP contribution in [-0.2, 0) is 11.3 Å². The van der Waals surface area contributed by atoms with E-state index in [1.54, 1.807) is 10.9 Å². The number of carbonyl (C=O) groups is 1. The highest BCUT2D eigenvalue weighted by Gasteiger charge is 2.51. The number of hydrogen-bond acceptors (Lipinski definition) is 3. The maximum Gasteiger partial charge on any atom is 0.242 e. The molecule has 5 nitrogen and oxygen atoms in total. The van der Waals surface area contributed by atoms with E-state index in [2.05, 4.69) is 69.9 Å². The van der Waals surface area contributed by atoms with Crippen molar-refractivity contribution < 1.29 is 4.79 Å². The van der Waals surface area contributed by atoms with E-state index in [9.17, 15) is 4.79 Å². The van der Waals surface area contributed by atoms with E-state index in [0.717, 1.165) is 48.0 Å². The van der Waals surface area contributed by atoms with Crippen LogP contribution in [0.25, 0.3) is 21.5 Å². The third kappa shape index (κ3) is 3.78. The molecule has 1 N–H and O–H groups in total. The molecule has 1 aromatic heterocycles. The number of fused-ring (bicyclic) bond motifs is 3. The molecule has 3 aromatic carbocycles. The summed E-state index contributed by atoms with van der Waals surface area (Å²) in [5.74, 6) is 8.92. The number of carbonyl (C=O) groups excluding carboxylic acids is 1. The first-order valence-electron chi connectivity index (χ1n) is 12.8. The minimum Gasteiger partial charge on any atom is -0.349 e. The van der Waals surface area contributed by atoms with Gasteiger partial charge in [0.2, 0.25) is 5.91 Å². The lowest BCUT2D eigenvalue weighted by Crippen LogP contribution is -2.60. The average Bonchev–Trinajstić information content (AvgIpc) is 3.28. The highest BCUT2D eigenvalue weighted by molar-refractivity contribution is 6.09. The Labute approximate surface area is 204 Å². The molecule has 35 heavy (non-hydrogen) atoms. The van der Waals surface area contributed by atoms with Crippen LogP contribution in [0.3, 0.4) is 0 Å². The van der Waals surface area contributed by atoms with Crippen molar-refractivity contribution in [3.8, 4) is 11.8 Å². The van der Waals surface area contributed by atoms with Gasteiger partial charge in [0.15, 0.2) is 5.69 Å². The monoisotopic (exact) mass is 460 g/mol. The van der Waals surface area contributed by atoms with Crippen LogP contribution in [-0.4, -0.2) is 26.4 Å². The van der Waals surface area contributed by atoms with Crippen LogP contribution in [0.2, 0.25) is 0 Å². The van der Waals surface area contributed by atoms with Crippen molar-refractivity contribution in [2.24, 2.45) is 17.8 Å². The summed E-state index contributed by atoms with van der Waals surface area (Å²) < 4.78 is 1.61. The molecule has 4 aromatic rings. The van der Waals surface area contributed by atoms with Crippen molar-refractivity contribution in [2.75, 3.05) is 0 Å². The summed E-state index contributed by atoms with van der Waals surface area (Å²) in [6.07, 6.45) is 9.33. The van der Waals surface area contributed by atoms with Crippen molar-refractivity contribution in [1.29, 1.82) is 0 Å². The van der Waals surface area contributed by atoms with Gasteiger partial charge in [0.1, 0.15) is 6.54 Å². The van der Waals surface area contributed by atoms with E-state index in [1.165, 1.54) is 35.4 Å². The summed E-state index contributed by atoms with van der Waals surface area (Å²) in [6, 6.07) is 18.9. The summed E-state index contributed by atoms with van der Waals surface area (Å²) in [7, 11) is 0. The lowest BCUT2D eigenvalue weighted by atomic mass is 9.53. The Kier molecular flexibility index (Phi) is 4.70. The van der Waals surface area contributed by atoms with E-state index < -0.39 is 0 Å². The molecule has 4 saturated carbocycles. The smallest absolute Gasteiger partial charge is 0.242 e. The summed E-state index contributed by atoms with van der Waals surface area (Å²) in [4.78, 5) is 12.9. The van der Waals surface area contributed by atoms with Gasteiger partial charge in [0.25, 0.3) is 0 Å². The second-order valence-corrected chi connectivity index (χ2v) is 11.0. The second-order valence-electron chi connectivity index (χ2n) is 11.0. The first-order chi connectivity index (χ1) is 17.1. The predicted octanol–water partition coefficient (Wildman–Crippen LogP) is 5.07. The fourth-order valence-electron chi connectivity index (χ4n) is 7.47. The molecular weight excluding hydrogens is 432 g/mol. The summed E-state index contributed by atoms with van der Waals surface area (Å²) >= 11 is 0. The molecule has 4 aliphatic rings. The molecule has 0 saturated heterocycles. The molecular formula is C30H28N4O. The first-order valence-corrected chi connectivity index (χ1v) is 12.8. The Morgan fingerprint density at radius 3 is 2.31 bits per heavy atom. The van der Waals surface area contributed by atoms with Gasteiger partial charge in [0.05, 0.1) is 6.20 Å². The highest BCUT2D eigenvalue weighted by atomic mass is 16.2. The molecule has 4 bridgehead atoms. The van der Waals surface area contributed by atoms with Gasteiger partial charge in [-0.2, -0.15) is 0 Å². The Bertz CT molecular complexity index is 1490. The number of aromatic nitrogens is 3. The number of nitrogens with one attached hydrogen (secondary N) is 1. The Morgan fingerprint density at radius 1 is 0.914 bits per heavy atom. The molecule has 1 amide bonds. The number of nitrogens with zero attached hydrogens (tertiary/aromatic N) is 3. The Balaban J connectivity index is 1.10. The molecule has 5 heteroatoms. The van der Waals surface area contributed by atoms with Crippen molar-refractivity contribution in [3.05, 3.63) is 72.1 Å². The molecule has 4 aliphatic carbocycles. The number of hydrogen-bond donors (Lipinski definition) is 1. The molecule has 4 fully saturated rings. The maximum atomic E-state index is 12.9. The van der Waals surface area contributed by atoms with Crippen LogP contribution < -0.4 is 5.32 Å². The molecule has 1 heterocycles. The quantitative estimate of drug-likeness (QED) is 0.343. The summed E-state index contributed by atoms with van der Waals surface area (Å²) in [5, 5.41) is 16.5. The van der Waals surface area contributed by atoms with Crippen LogP contribution in [0.1, 0.15) is 49.8 Å². The second kappa shape index (κ2) is 7.95. The minimum absolute atomic E-state index is 0.0200. The van der Waals surface area contributed by atoms with Crippen LogP contribution >= 0.6 is 0 Å². The Hall–Kier alpha value is -3.65. The van der Waals surface area contributed by atoms with Gasteiger partial charge < -0.3 is 5.32 Å². The minimum atomic E-state index is 0.0200. The molecule has 0 atom stereocenters. The van der Waals surface area contributed by atoms with E-state index >= 15 is 0 Å². The largest absolute Gasteiger partial charge is 0.349 e. The van der Waals surface area contributed by atoms with E-state index in [-0.39, 0.29) is 18.0 Å². The SMILES string of the molecule is O=C(Cn1cc(C#Cc2cc3ccccc3c3ccccc23)nn1)NC12CC3CC(CC(C3)C1)C2.